The largest absolute Gasteiger partial charge is 0.369 e. The Bertz CT molecular complexity index is 537. The lowest BCUT2D eigenvalue weighted by atomic mass is 9.60. The molecule has 2 nitrogen and oxygen atoms in total. The molecule has 1 N–H and O–H groups in total. The van der Waals surface area contributed by atoms with Crippen LogP contribution in [0.2, 0.25) is 0 Å². The third kappa shape index (κ3) is 3.91. The lowest BCUT2D eigenvalue weighted by Crippen LogP contribution is -2.44. The molecule has 1 saturated carbocycles. The number of piperazine rings is 1. The standard InChI is InChI=1S/C21H34N2/c1-16-6-7-19(23-10-8-22-9-11-23)18(12-16)17-13-20(2,3)15-21(4,5)14-17/h6-7,12,17,22H,8-11,13-15H2,1-5H3. The third-order valence-electron chi connectivity index (χ3n) is 5.64. The summed E-state index contributed by atoms with van der Waals surface area (Å²) in [6.45, 7) is 16.6. The first-order valence-electron chi connectivity index (χ1n) is 9.32. The average molecular weight is 315 g/mol. The Morgan fingerprint density at radius 2 is 1.61 bits per heavy atom. The van der Waals surface area contributed by atoms with E-state index in [0.29, 0.717) is 16.7 Å². The van der Waals surface area contributed by atoms with Crippen molar-refractivity contribution in [2.24, 2.45) is 10.8 Å². The summed E-state index contributed by atoms with van der Waals surface area (Å²) in [6, 6.07) is 7.14. The van der Waals surface area contributed by atoms with Crippen molar-refractivity contribution in [1.82, 2.24) is 5.32 Å². The van der Waals surface area contributed by atoms with Crippen LogP contribution in [0.5, 0.6) is 0 Å². The molecule has 0 unspecified atom stereocenters. The van der Waals surface area contributed by atoms with Crippen LogP contribution in [0.25, 0.3) is 0 Å². The highest BCUT2D eigenvalue weighted by Crippen LogP contribution is 2.53. The predicted octanol–water partition coefficient (Wildman–Crippen LogP) is 4.72. The van der Waals surface area contributed by atoms with Crippen LogP contribution in [0, 0.1) is 17.8 Å². The molecule has 0 bridgehead atoms. The van der Waals surface area contributed by atoms with E-state index < -0.39 is 0 Å². The first-order valence-corrected chi connectivity index (χ1v) is 9.32. The molecule has 0 spiro atoms. The SMILES string of the molecule is Cc1ccc(N2CCNCC2)c(C2CC(C)(C)CC(C)(C)C2)c1. The molecule has 1 saturated heterocycles. The number of hydrogen-bond donors (Lipinski definition) is 1. The Kier molecular flexibility index (Phi) is 4.48. The van der Waals surface area contributed by atoms with E-state index in [9.17, 15) is 0 Å². The summed E-state index contributed by atoms with van der Waals surface area (Å²) in [4.78, 5) is 2.60. The molecule has 23 heavy (non-hydrogen) atoms. The van der Waals surface area contributed by atoms with E-state index in [0.717, 1.165) is 26.2 Å². The van der Waals surface area contributed by atoms with Gasteiger partial charge in [-0.1, -0.05) is 45.4 Å². The normalized spacial score (nSPS) is 24.7. The summed E-state index contributed by atoms with van der Waals surface area (Å²) in [7, 11) is 0. The Balaban J connectivity index is 1.95. The van der Waals surface area contributed by atoms with Gasteiger partial charge in [0.15, 0.2) is 0 Å². The van der Waals surface area contributed by atoms with Gasteiger partial charge in [-0.25, -0.2) is 0 Å². The highest BCUT2D eigenvalue weighted by molar-refractivity contribution is 5.57. The van der Waals surface area contributed by atoms with Gasteiger partial charge in [-0.2, -0.15) is 0 Å². The van der Waals surface area contributed by atoms with Gasteiger partial charge in [-0.05, 0) is 54.6 Å². The zero-order valence-electron chi connectivity index (χ0n) is 15.7. The summed E-state index contributed by atoms with van der Waals surface area (Å²) in [5.41, 5.74) is 5.39. The van der Waals surface area contributed by atoms with Crippen molar-refractivity contribution in [2.75, 3.05) is 31.1 Å². The molecular weight excluding hydrogens is 280 g/mol. The van der Waals surface area contributed by atoms with Gasteiger partial charge in [0, 0.05) is 31.9 Å². The van der Waals surface area contributed by atoms with E-state index in [4.69, 9.17) is 0 Å². The molecular formula is C21H34N2. The molecule has 0 aromatic heterocycles. The highest BCUT2D eigenvalue weighted by Gasteiger charge is 2.39. The quantitative estimate of drug-likeness (QED) is 0.849. The zero-order valence-corrected chi connectivity index (χ0v) is 15.7. The molecule has 2 fully saturated rings. The first kappa shape index (κ1) is 16.8. The van der Waals surface area contributed by atoms with Gasteiger partial charge >= 0.3 is 0 Å². The van der Waals surface area contributed by atoms with Crippen molar-refractivity contribution in [3.8, 4) is 0 Å². The van der Waals surface area contributed by atoms with E-state index in [2.05, 4.69) is 63.0 Å². The molecule has 1 aliphatic heterocycles. The van der Waals surface area contributed by atoms with Gasteiger partial charge in [0.05, 0.1) is 0 Å². The smallest absolute Gasteiger partial charge is 0.0402 e. The molecule has 1 aromatic rings. The second-order valence-corrected chi connectivity index (χ2v) is 9.41. The van der Waals surface area contributed by atoms with E-state index in [1.54, 1.807) is 5.56 Å². The van der Waals surface area contributed by atoms with Gasteiger partial charge < -0.3 is 10.2 Å². The predicted molar refractivity (Wildman–Crippen MR) is 100 cm³/mol. The number of nitrogens with one attached hydrogen (secondary N) is 1. The first-order chi connectivity index (χ1) is 10.8. The molecule has 0 amide bonds. The van der Waals surface area contributed by atoms with Crippen molar-refractivity contribution in [2.45, 2.75) is 59.8 Å². The molecule has 0 atom stereocenters. The van der Waals surface area contributed by atoms with Crippen LogP contribution in [-0.4, -0.2) is 26.2 Å². The van der Waals surface area contributed by atoms with Crippen LogP contribution in [0.15, 0.2) is 18.2 Å². The monoisotopic (exact) mass is 314 g/mol. The van der Waals surface area contributed by atoms with E-state index in [1.807, 2.05) is 0 Å². The number of nitrogens with zero attached hydrogens (tertiary/aromatic N) is 1. The fourth-order valence-electron chi connectivity index (χ4n) is 5.26. The molecule has 2 aliphatic rings. The summed E-state index contributed by atoms with van der Waals surface area (Å²) < 4.78 is 0. The molecule has 1 aliphatic carbocycles. The van der Waals surface area contributed by atoms with Crippen molar-refractivity contribution >= 4 is 5.69 Å². The van der Waals surface area contributed by atoms with Crippen molar-refractivity contribution < 1.29 is 0 Å². The average Bonchev–Trinajstić information content (AvgIpc) is 2.45. The Hall–Kier alpha value is -1.02. The van der Waals surface area contributed by atoms with E-state index in [1.165, 1.54) is 30.5 Å². The second-order valence-electron chi connectivity index (χ2n) is 9.41. The van der Waals surface area contributed by atoms with Crippen LogP contribution >= 0.6 is 0 Å². The topological polar surface area (TPSA) is 15.3 Å². The molecule has 1 aromatic carbocycles. The fraction of sp³-hybridized carbons (Fsp3) is 0.714. The summed E-state index contributed by atoms with van der Waals surface area (Å²) >= 11 is 0. The maximum absolute atomic E-state index is 3.48. The maximum Gasteiger partial charge on any atom is 0.0402 e. The highest BCUT2D eigenvalue weighted by atomic mass is 15.2. The molecule has 0 radical (unpaired) electrons. The Morgan fingerprint density at radius 1 is 1.00 bits per heavy atom. The van der Waals surface area contributed by atoms with Crippen LogP contribution in [0.4, 0.5) is 5.69 Å². The summed E-state index contributed by atoms with van der Waals surface area (Å²) in [5, 5.41) is 3.48. The van der Waals surface area contributed by atoms with Gasteiger partial charge in [0.2, 0.25) is 0 Å². The zero-order chi connectivity index (χ0) is 16.7. The van der Waals surface area contributed by atoms with Crippen molar-refractivity contribution in [1.29, 1.82) is 0 Å². The summed E-state index contributed by atoms with van der Waals surface area (Å²) in [6.07, 6.45) is 3.98. The van der Waals surface area contributed by atoms with Crippen LogP contribution in [0.1, 0.15) is 64.0 Å². The minimum atomic E-state index is 0.441. The number of rotatable bonds is 2. The van der Waals surface area contributed by atoms with Gasteiger partial charge in [0.25, 0.3) is 0 Å². The molecule has 128 valence electrons. The molecule has 2 heteroatoms. The van der Waals surface area contributed by atoms with Crippen LogP contribution < -0.4 is 10.2 Å². The van der Waals surface area contributed by atoms with Gasteiger partial charge in [-0.3, -0.25) is 0 Å². The lowest BCUT2D eigenvalue weighted by Gasteiger charge is -2.46. The summed E-state index contributed by atoms with van der Waals surface area (Å²) in [5.74, 6) is 0.693. The van der Waals surface area contributed by atoms with Crippen molar-refractivity contribution in [3.63, 3.8) is 0 Å². The van der Waals surface area contributed by atoms with E-state index in [-0.39, 0.29) is 0 Å². The minimum absolute atomic E-state index is 0.441. The number of benzene rings is 1. The third-order valence-corrected chi connectivity index (χ3v) is 5.64. The minimum Gasteiger partial charge on any atom is -0.369 e. The van der Waals surface area contributed by atoms with Gasteiger partial charge in [-0.15, -0.1) is 0 Å². The van der Waals surface area contributed by atoms with Crippen LogP contribution in [0.3, 0.4) is 0 Å². The van der Waals surface area contributed by atoms with Gasteiger partial charge in [0.1, 0.15) is 0 Å². The lowest BCUT2D eigenvalue weighted by molar-refractivity contribution is 0.0970. The number of hydrogen-bond acceptors (Lipinski definition) is 2. The Morgan fingerprint density at radius 3 is 2.22 bits per heavy atom. The maximum atomic E-state index is 3.48. The van der Waals surface area contributed by atoms with Crippen molar-refractivity contribution in [3.05, 3.63) is 29.3 Å². The second kappa shape index (κ2) is 6.12. The van der Waals surface area contributed by atoms with E-state index >= 15 is 0 Å². The molecule has 3 rings (SSSR count). The van der Waals surface area contributed by atoms with Crippen LogP contribution in [-0.2, 0) is 0 Å². The number of anilines is 1. The fourth-order valence-corrected chi connectivity index (χ4v) is 5.26. The Labute approximate surface area is 142 Å². The molecule has 1 heterocycles. The number of aryl methyl sites for hydroxylation is 1.